The van der Waals surface area contributed by atoms with E-state index in [0.717, 1.165) is 5.57 Å². The molecule has 1 aliphatic heterocycles. The molecule has 2 saturated carbocycles. The average molecular weight is 350 g/mol. The molecule has 0 bridgehead atoms. The summed E-state index contributed by atoms with van der Waals surface area (Å²) < 4.78 is 11.3. The van der Waals surface area contributed by atoms with Crippen molar-refractivity contribution in [2.24, 2.45) is 29.6 Å². The Hall–Kier alpha value is -1.66. The van der Waals surface area contributed by atoms with Crippen LogP contribution in [0.2, 0.25) is 0 Å². The fourth-order valence-electron chi connectivity index (χ4n) is 4.49. The second kappa shape index (κ2) is 6.57. The molecule has 0 spiro atoms. The predicted octanol–water partition coefficient (Wildman–Crippen LogP) is 1.22. The second-order valence-electron chi connectivity index (χ2n) is 7.65. The first kappa shape index (κ1) is 18.1. The van der Waals surface area contributed by atoms with E-state index >= 15 is 0 Å². The zero-order chi connectivity index (χ0) is 18.5. The fraction of sp³-hybridized carbons (Fsp3) is 0.684. The maximum atomic E-state index is 12.2. The molecule has 138 valence electrons. The molecule has 25 heavy (non-hydrogen) atoms. The molecule has 2 aliphatic carbocycles. The van der Waals surface area contributed by atoms with Gasteiger partial charge in [-0.15, -0.1) is 0 Å². The Kier molecular flexibility index (Phi) is 4.77. The van der Waals surface area contributed by atoms with Crippen LogP contribution in [0.15, 0.2) is 24.3 Å². The predicted molar refractivity (Wildman–Crippen MR) is 89.2 cm³/mol. The molecular formula is C19H26O6. The standard InChI is InChI=1S/C19H26O6/c1-8-5-14(24-18(22)9(2)7-20)16-11(4)19(23)25-17(16)15-10(3)13(21)6-12(8)15/h9,11-17,20-21H,1,3,5-7H2,2,4H3/t9?,11?,12-,13-,14-,15-,16+,17+/m0/s1. The van der Waals surface area contributed by atoms with Crippen LogP contribution in [0.1, 0.15) is 26.7 Å². The van der Waals surface area contributed by atoms with Gasteiger partial charge in [0.1, 0.15) is 12.2 Å². The summed E-state index contributed by atoms with van der Waals surface area (Å²) in [5, 5.41) is 19.4. The number of aliphatic hydroxyl groups excluding tert-OH is 2. The van der Waals surface area contributed by atoms with Crippen molar-refractivity contribution < 1.29 is 29.3 Å². The molecule has 6 heteroatoms. The highest BCUT2D eigenvalue weighted by molar-refractivity contribution is 5.76. The molecular weight excluding hydrogens is 324 g/mol. The van der Waals surface area contributed by atoms with Gasteiger partial charge in [0.25, 0.3) is 0 Å². The molecule has 1 heterocycles. The van der Waals surface area contributed by atoms with Gasteiger partial charge in [0.15, 0.2) is 0 Å². The van der Waals surface area contributed by atoms with Gasteiger partial charge in [-0.2, -0.15) is 0 Å². The van der Waals surface area contributed by atoms with Crippen molar-refractivity contribution in [2.45, 2.75) is 45.0 Å². The number of ether oxygens (including phenoxy) is 2. The van der Waals surface area contributed by atoms with Crippen LogP contribution >= 0.6 is 0 Å². The first-order valence-corrected chi connectivity index (χ1v) is 8.82. The summed E-state index contributed by atoms with van der Waals surface area (Å²) in [5.74, 6) is -2.38. The number of aliphatic hydroxyl groups is 2. The Bertz CT molecular complexity index is 611. The van der Waals surface area contributed by atoms with E-state index in [0.29, 0.717) is 18.4 Å². The lowest BCUT2D eigenvalue weighted by molar-refractivity contribution is -0.159. The minimum absolute atomic E-state index is 0.0351. The summed E-state index contributed by atoms with van der Waals surface area (Å²) in [7, 11) is 0. The molecule has 2 N–H and O–H groups in total. The molecule has 0 amide bonds. The molecule has 3 aliphatic rings. The van der Waals surface area contributed by atoms with Crippen molar-refractivity contribution in [1.29, 1.82) is 0 Å². The highest BCUT2D eigenvalue weighted by Gasteiger charge is 2.57. The molecule has 0 aromatic rings. The Morgan fingerprint density at radius 2 is 2.12 bits per heavy atom. The van der Waals surface area contributed by atoms with Crippen LogP contribution in [0.3, 0.4) is 0 Å². The van der Waals surface area contributed by atoms with Crippen LogP contribution < -0.4 is 0 Å². The van der Waals surface area contributed by atoms with Crippen molar-refractivity contribution in [1.82, 2.24) is 0 Å². The third-order valence-electron chi connectivity index (χ3n) is 6.06. The maximum Gasteiger partial charge on any atom is 0.311 e. The summed E-state index contributed by atoms with van der Waals surface area (Å²) in [6.45, 7) is 11.2. The second-order valence-corrected chi connectivity index (χ2v) is 7.65. The summed E-state index contributed by atoms with van der Waals surface area (Å²) in [5.41, 5.74) is 1.55. The highest BCUT2D eigenvalue weighted by Crippen LogP contribution is 2.52. The van der Waals surface area contributed by atoms with Crippen molar-refractivity contribution in [3.8, 4) is 0 Å². The van der Waals surface area contributed by atoms with Crippen LogP contribution in [0.25, 0.3) is 0 Å². The van der Waals surface area contributed by atoms with Crippen molar-refractivity contribution in [3.05, 3.63) is 24.3 Å². The third-order valence-corrected chi connectivity index (χ3v) is 6.06. The van der Waals surface area contributed by atoms with E-state index in [-0.39, 0.29) is 30.3 Å². The fourth-order valence-corrected chi connectivity index (χ4v) is 4.49. The lowest BCUT2D eigenvalue weighted by Gasteiger charge is -2.30. The topological polar surface area (TPSA) is 93.1 Å². The Labute approximate surface area is 147 Å². The summed E-state index contributed by atoms with van der Waals surface area (Å²) in [6, 6.07) is 0. The van der Waals surface area contributed by atoms with E-state index in [1.807, 2.05) is 0 Å². The molecule has 0 radical (unpaired) electrons. The Morgan fingerprint density at radius 3 is 2.76 bits per heavy atom. The van der Waals surface area contributed by atoms with Gasteiger partial charge in [-0.3, -0.25) is 9.59 Å². The minimum atomic E-state index is -0.629. The number of esters is 2. The first-order chi connectivity index (χ1) is 11.8. The first-order valence-electron chi connectivity index (χ1n) is 8.82. The molecule has 0 aromatic heterocycles. The summed E-state index contributed by atoms with van der Waals surface area (Å²) in [6.07, 6.45) is -0.705. The van der Waals surface area contributed by atoms with Gasteiger partial charge in [-0.1, -0.05) is 25.7 Å². The lowest BCUT2D eigenvalue weighted by Crippen LogP contribution is -2.39. The SMILES string of the molecule is C=C1[C@@H]2[C@H]3OC(=O)C(C)[C@@H]3[C@@H](OC(=O)C(C)CO)CC(=C)[C@@H]2C[C@@H]1O. The van der Waals surface area contributed by atoms with Gasteiger partial charge in [0.05, 0.1) is 24.5 Å². The van der Waals surface area contributed by atoms with Gasteiger partial charge in [0, 0.05) is 18.3 Å². The van der Waals surface area contributed by atoms with Gasteiger partial charge >= 0.3 is 11.9 Å². The molecule has 2 unspecified atom stereocenters. The quantitative estimate of drug-likeness (QED) is 0.587. The van der Waals surface area contributed by atoms with Gasteiger partial charge in [0.2, 0.25) is 0 Å². The average Bonchev–Trinajstić information content (AvgIpc) is 2.99. The summed E-state index contributed by atoms with van der Waals surface area (Å²) in [4.78, 5) is 24.4. The number of rotatable bonds is 3. The van der Waals surface area contributed by atoms with Crippen LogP contribution in [0.5, 0.6) is 0 Å². The van der Waals surface area contributed by atoms with Crippen molar-refractivity contribution in [3.63, 3.8) is 0 Å². The van der Waals surface area contributed by atoms with Crippen molar-refractivity contribution >= 4 is 11.9 Å². The van der Waals surface area contributed by atoms with Crippen molar-refractivity contribution in [2.75, 3.05) is 6.61 Å². The molecule has 1 saturated heterocycles. The van der Waals surface area contributed by atoms with E-state index in [4.69, 9.17) is 9.47 Å². The number of carbonyl (C=O) groups is 2. The Morgan fingerprint density at radius 1 is 1.44 bits per heavy atom. The molecule has 0 aromatic carbocycles. The third kappa shape index (κ3) is 2.91. The Balaban J connectivity index is 1.94. The van der Waals surface area contributed by atoms with Crippen LogP contribution in [0.4, 0.5) is 0 Å². The van der Waals surface area contributed by atoms with Gasteiger partial charge < -0.3 is 19.7 Å². The number of fused-ring (bicyclic) bond motifs is 3. The molecule has 8 atom stereocenters. The highest BCUT2D eigenvalue weighted by atomic mass is 16.6. The van der Waals surface area contributed by atoms with Crippen LogP contribution in [-0.2, 0) is 19.1 Å². The van der Waals surface area contributed by atoms with Gasteiger partial charge in [-0.25, -0.2) is 0 Å². The van der Waals surface area contributed by atoms with E-state index in [1.54, 1.807) is 13.8 Å². The van der Waals surface area contributed by atoms with Crippen LogP contribution in [0, 0.1) is 29.6 Å². The number of hydrogen-bond acceptors (Lipinski definition) is 6. The molecule has 3 fully saturated rings. The largest absolute Gasteiger partial charge is 0.461 e. The smallest absolute Gasteiger partial charge is 0.311 e. The molecule has 6 nitrogen and oxygen atoms in total. The van der Waals surface area contributed by atoms with E-state index in [1.165, 1.54) is 0 Å². The monoisotopic (exact) mass is 350 g/mol. The minimum Gasteiger partial charge on any atom is -0.461 e. The number of carbonyl (C=O) groups excluding carboxylic acids is 2. The molecule has 3 rings (SSSR count). The summed E-state index contributed by atoms with van der Waals surface area (Å²) >= 11 is 0. The zero-order valence-electron chi connectivity index (χ0n) is 14.7. The lowest BCUT2D eigenvalue weighted by atomic mass is 9.79. The van der Waals surface area contributed by atoms with Crippen LogP contribution in [-0.4, -0.2) is 47.1 Å². The maximum absolute atomic E-state index is 12.2. The number of hydrogen-bond donors (Lipinski definition) is 2. The van der Waals surface area contributed by atoms with E-state index < -0.39 is 36.1 Å². The van der Waals surface area contributed by atoms with E-state index in [2.05, 4.69) is 13.2 Å². The normalized spacial score (nSPS) is 41.6. The van der Waals surface area contributed by atoms with E-state index in [9.17, 15) is 19.8 Å². The van der Waals surface area contributed by atoms with Gasteiger partial charge in [-0.05, 0) is 24.8 Å². The zero-order valence-corrected chi connectivity index (χ0v) is 14.7.